The van der Waals surface area contributed by atoms with Crippen LogP contribution in [0.2, 0.25) is 0 Å². The lowest BCUT2D eigenvalue weighted by molar-refractivity contribution is -0.115. The van der Waals surface area contributed by atoms with Crippen LogP contribution in [-0.4, -0.2) is 25.1 Å². The Kier molecular flexibility index (Phi) is 4.55. The quantitative estimate of drug-likeness (QED) is 0.907. The Morgan fingerprint density at radius 2 is 2.00 bits per heavy atom. The zero-order valence-corrected chi connectivity index (χ0v) is 11.4. The van der Waals surface area contributed by atoms with E-state index in [9.17, 15) is 4.79 Å². The summed E-state index contributed by atoms with van der Waals surface area (Å²) in [5.41, 5.74) is 1.29. The summed E-state index contributed by atoms with van der Waals surface area (Å²) in [4.78, 5) is 16.1. The molecule has 1 aromatic carbocycles. The van der Waals surface area contributed by atoms with Gasteiger partial charge in [-0.3, -0.25) is 9.78 Å². The summed E-state index contributed by atoms with van der Waals surface area (Å²) in [6.07, 6.45) is 1.79. The second-order valence-corrected chi connectivity index (χ2v) is 4.11. The lowest BCUT2D eigenvalue weighted by Crippen LogP contribution is -2.15. The number of nitrogens with one attached hydrogen (secondary N) is 1. The molecule has 1 aromatic heterocycles. The fourth-order valence-corrected chi connectivity index (χ4v) is 1.79. The van der Waals surface area contributed by atoms with Gasteiger partial charge in [0.05, 0.1) is 32.0 Å². The molecule has 20 heavy (non-hydrogen) atoms. The standard InChI is InChI=1S/C15H16N2O3/c1-19-12-7-8-16-11(9-12)10-15(18)17-13-5-3-4-6-14(13)20-2/h3-9H,10H2,1-2H3,(H,17,18). The number of aromatic nitrogens is 1. The summed E-state index contributed by atoms with van der Waals surface area (Å²) in [6, 6.07) is 10.7. The number of hydrogen-bond acceptors (Lipinski definition) is 4. The predicted octanol–water partition coefficient (Wildman–Crippen LogP) is 2.28. The van der Waals surface area contributed by atoms with Crippen LogP contribution in [0.5, 0.6) is 11.5 Å². The van der Waals surface area contributed by atoms with Crippen molar-refractivity contribution in [2.45, 2.75) is 6.42 Å². The summed E-state index contributed by atoms with van der Waals surface area (Å²) < 4.78 is 10.3. The number of carbonyl (C=O) groups excluding carboxylic acids is 1. The zero-order chi connectivity index (χ0) is 14.4. The van der Waals surface area contributed by atoms with E-state index in [1.54, 1.807) is 44.7 Å². The second-order valence-electron chi connectivity index (χ2n) is 4.11. The fourth-order valence-electron chi connectivity index (χ4n) is 1.79. The SMILES string of the molecule is COc1ccnc(CC(=O)Nc2ccccc2OC)c1. The van der Waals surface area contributed by atoms with E-state index in [-0.39, 0.29) is 12.3 Å². The molecule has 0 unspecified atom stereocenters. The molecule has 0 atom stereocenters. The smallest absolute Gasteiger partial charge is 0.230 e. The topological polar surface area (TPSA) is 60.5 Å². The molecule has 0 radical (unpaired) electrons. The third kappa shape index (κ3) is 3.47. The molecule has 0 spiro atoms. The number of benzene rings is 1. The van der Waals surface area contributed by atoms with Crippen molar-refractivity contribution in [3.05, 3.63) is 48.3 Å². The summed E-state index contributed by atoms with van der Waals surface area (Å²) >= 11 is 0. The van der Waals surface area contributed by atoms with E-state index >= 15 is 0 Å². The van der Waals surface area contributed by atoms with Gasteiger partial charge in [0.1, 0.15) is 11.5 Å². The maximum Gasteiger partial charge on any atom is 0.230 e. The molecule has 0 fully saturated rings. The van der Waals surface area contributed by atoms with Crippen molar-refractivity contribution in [2.75, 3.05) is 19.5 Å². The number of carbonyl (C=O) groups is 1. The first kappa shape index (κ1) is 13.9. The number of hydrogen-bond donors (Lipinski definition) is 1. The normalized spacial score (nSPS) is 9.90. The van der Waals surface area contributed by atoms with Gasteiger partial charge < -0.3 is 14.8 Å². The predicted molar refractivity (Wildman–Crippen MR) is 76.1 cm³/mol. The molecular formula is C15H16N2O3. The van der Waals surface area contributed by atoms with Crippen LogP contribution in [-0.2, 0) is 11.2 Å². The third-order valence-corrected chi connectivity index (χ3v) is 2.75. The average Bonchev–Trinajstić information content (AvgIpc) is 2.48. The number of nitrogens with zero attached hydrogens (tertiary/aromatic N) is 1. The number of rotatable bonds is 5. The first-order valence-corrected chi connectivity index (χ1v) is 6.14. The van der Waals surface area contributed by atoms with Gasteiger partial charge in [0.15, 0.2) is 0 Å². The molecule has 0 bridgehead atoms. The van der Waals surface area contributed by atoms with Gasteiger partial charge in [0.25, 0.3) is 0 Å². The van der Waals surface area contributed by atoms with E-state index in [2.05, 4.69) is 10.3 Å². The van der Waals surface area contributed by atoms with Crippen molar-refractivity contribution in [3.63, 3.8) is 0 Å². The van der Waals surface area contributed by atoms with Crippen molar-refractivity contribution in [1.82, 2.24) is 4.98 Å². The zero-order valence-electron chi connectivity index (χ0n) is 11.4. The second kappa shape index (κ2) is 6.56. The Bertz CT molecular complexity index is 599. The van der Waals surface area contributed by atoms with E-state index in [0.717, 1.165) is 0 Å². The van der Waals surface area contributed by atoms with E-state index < -0.39 is 0 Å². The van der Waals surface area contributed by atoms with Gasteiger partial charge in [0, 0.05) is 12.3 Å². The molecule has 0 saturated carbocycles. The Morgan fingerprint density at radius 1 is 1.20 bits per heavy atom. The maximum atomic E-state index is 12.0. The van der Waals surface area contributed by atoms with Crippen molar-refractivity contribution in [2.24, 2.45) is 0 Å². The van der Waals surface area contributed by atoms with Gasteiger partial charge in [-0.25, -0.2) is 0 Å². The molecule has 0 aliphatic carbocycles. The molecule has 1 amide bonds. The molecule has 2 aromatic rings. The van der Waals surface area contributed by atoms with Crippen molar-refractivity contribution in [3.8, 4) is 11.5 Å². The Balaban J connectivity index is 2.05. The third-order valence-electron chi connectivity index (χ3n) is 2.75. The minimum Gasteiger partial charge on any atom is -0.497 e. The average molecular weight is 272 g/mol. The van der Waals surface area contributed by atoms with Crippen LogP contribution in [0.4, 0.5) is 5.69 Å². The summed E-state index contributed by atoms with van der Waals surface area (Å²) in [6.45, 7) is 0. The number of amides is 1. The first-order chi connectivity index (χ1) is 9.72. The van der Waals surface area contributed by atoms with Crippen molar-refractivity contribution in [1.29, 1.82) is 0 Å². The number of anilines is 1. The number of ether oxygens (including phenoxy) is 2. The molecular weight excluding hydrogens is 256 g/mol. The lowest BCUT2D eigenvalue weighted by atomic mass is 10.2. The highest BCUT2D eigenvalue weighted by Crippen LogP contribution is 2.23. The minimum absolute atomic E-state index is 0.157. The van der Waals surface area contributed by atoms with Gasteiger partial charge in [-0.15, -0.1) is 0 Å². The Morgan fingerprint density at radius 3 is 2.75 bits per heavy atom. The monoisotopic (exact) mass is 272 g/mol. The summed E-state index contributed by atoms with van der Waals surface area (Å²) in [7, 11) is 3.14. The molecule has 104 valence electrons. The number of methoxy groups -OCH3 is 2. The molecule has 5 nitrogen and oxygen atoms in total. The van der Waals surface area contributed by atoms with Crippen LogP contribution in [0.15, 0.2) is 42.6 Å². The van der Waals surface area contributed by atoms with Crippen LogP contribution in [0.3, 0.4) is 0 Å². The maximum absolute atomic E-state index is 12.0. The largest absolute Gasteiger partial charge is 0.497 e. The summed E-state index contributed by atoms with van der Waals surface area (Å²) in [5.74, 6) is 1.15. The lowest BCUT2D eigenvalue weighted by Gasteiger charge is -2.09. The van der Waals surface area contributed by atoms with Gasteiger partial charge in [-0.2, -0.15) is 0 Å². The fraction of sp³-hybridized carbons (Fsp3) is 0.200. The highest BCUT2D eigenvalue weighted by molar-refractivity contribution is 5.93. The Hall–Kier alpha value is -2.56. The molecule has 0 aliphatic heterocycles. The van der Waals surface area contributed by atoms with Crippen LogP contribution < -0.4 is 14.8 Å². The van der Waals surface area contributed by atoms with E-state index in [0.29, 0.717) is 22.9 Å². The summed E-state index contributed by atoms with van der Waals surface area (Å²) in [5, 5.41) is 2.80. The number of para-hydroxylation sites is 2. The van der Waals surface area contributed by atoms with E-state index in [1.807, 2.05) is 12.1 Å². The molecule has 1 N–H and O–H groups in total. The highest BCUT2D eigenvalue weighted by Gasteiger charge is 2.09. The molecule has 5 heteroatoms. The minimum atomic E-state index is -0.157. The number of pyridine rings is 1. The van der Waals surface area contributed by atoms with E-state index in [1.165, 1.54) is 0 Å². The molecule has 2 rings (SSSR count). The van der Waals surface area contributed by atoms with Crippen molar-refractivity contribution >= 4 is 11.6 Å². The van der Waals surface area contributed by atoms with Gasteiger partial charge in [-0.1, -0.05) is 12.1 Å². The van der Waals surface area contributed by atoms with Gasteiger partial charge >= 0.3 is 0 Å². The van der Waals surface area contributed by atoms with Crippen LogP contribution in [0, 0.1) is 0 Å². The molecule has 1 heterocycles. The van der Waals surface area contributed by atoms with Crippen LogP contribution >= 0.6 is 0 Å². The van der Waals surface area contributed by atoms with Gasteiger partial charge in [-0.05, 0) is 18.2 Å². The Labute approximate surface area is 117 Å². The van der Waals surface area contributed by atoms with Crippen LogP contribution in [0.25, 0.3) is 0 Å². The molecule has 0 saturated heterocycles. The van der Waals surface area contributed by atoms with Crippen LogP contribution in [0.1, 0.15) is 5.69 Å². The van der Waals surface area contributed by atoms with Gasteiger partial charge in [0.2, 0.25) is 5.91 Å². The molecule has 0 aliphatic rings. The van der Waals surface area contributed by atoms with E-state index in [4.69, 9.17) is 9.47 Å². The first-order valence-electron chi connectivity index (χ1n) is 6.14. The highest BCUT2D eigenvalue weighted by atomic mass is 16.5. The van der Waals surface area contributed by atoms with Crippen molar-refractivity contribution < 1.29 is 14.3 Å².